The van der Waals surface area contributed by atoms with Crippen LogP contribution in [0.2, 0.25) is 0 Å². The molecule has 1 aliphatic carbocycles. The Morgan fingerprint density at radius 3 is 2.39 bits per heavy atom. The van der Waals surface area contributed by atoms with Gasteiger partial charge in [-0.2, -0.15) is 13.2 Å². The molecule has 2 saturated heterocycles. The number of nitrogens with one attached hydrogen (secondary N) is 1. The highest BCUT2D eigenvalue weighted by atomic mass is 19.4. The summed E-state index contributed by atoms with van der Waals surface area (Å²) in [4.78, 5) is 20.2. The van der Waals surface area contributed by atoms with E-state index in [4.69, 9.17) is 19.2 Å². The van der Waals surface area contributed by atoms with Crippen molar-refractivity contribution in [3.63, 3.8) is 0 Å². The Morgan fingerprint density at radius 2 is 1.77 bits per heavy atom. The molecule has 2 aromatic heterocycles. The minimum Gasteiger partial charge on any atom is -0.492 e. The molecule has 1 saturated carbocycles. The van der Waals surface area contributed by atoms with Crippen molar-refractivity contribution in [1.82, 2.24) is 29.7 Å². The lowest BCUT2D eigenvalue weighted by molar-refractivity contribution is -0.140. The van der Waals surface area contributed by atoms with Crippen LogP contribution in [0.1, 0.15) is 62.0 Å². The number of methoxy groups -OCH3 is 2. The van der Waals surface area contributed by atoms with Crippen molar-refractivity contribution in [3.8, 4) is 11.4 Å². The minimum absolute atomic E-state index is 0.0674. The summed E-state index contributed by atoms with van der Waals surface area (Å²) in [6.07, 6.45) is 4.11. The number of rotatable bonds is 8. The maximum atomic E-state index is 13.6. The molecule has 3 fully saturated rings. The predicted octanol–water partition coefficient (Wildman–Crippen LogP) is 5.07. The maximum Gasteiger partial charge on any atom is 0.434 e. The van der Waals surface area contributed by atoms with E-state index in [1.165, 1.54) is 6.33 Å². The molecule has 0 spiro atoms. The quantitative estimate of drug-likeness (QED) is 0.378. The molecule has 44 heavy (non-hydrogen) atoms. The molecule has 4 unspecified atom stereocenters. The number of aromatic nitrogens is 4. The van der Waals surface area contributed by atoms with Crippen molar-refractivity contribution in [3.05, 3.63) is 77.6 Å². The van der Waals surface area contributed by atoms with Gasteiger partial charge in [-0.05, 0) is 38.7 Å². The van der Waals surface area contributed by atoms with Crippen molar-refractivity contribution < 1.29 is 27.4 Å². The third-order valence-electron chi connectivity index (χ3n) is 8.98. The van der Waals surface area contributed by atoms with Gasteiger partial charge in [0.2, 0.25) is 5.88 Å². The average molecular weight is 610 g/mol. The zero-order valence-corrected chi connectivity index (χ0v) is 24.9. The lowest BCUT2D eigenvalue weighted by Gasteiger charge is -2.49. The van der Waals surface area contributed by atoms with Crippen LogP contribution in [0.4, 0.5) is 13.2 Å². The third-order valence-corrected chi connectivity index (χ3v) is 8.98. The fourth-order valence-corrected chi connectivity index (χ4v) is 6.97. The summed E-state index contributed by atoms with van der Waals surface area (Å²) < 4.78 is 60.5. The monoisotopic (exact) mass is 609 g/mol. The number of imidazole rings is 1. The second-order valence-corrected chi connectivity index (χ2v) is 12.0. The molecule has 10 nitrogen and oxygen atoms in total. The van der Waals surface area contributed by atoms with E-state index in [2.05, 4.69) is 25.2 Å². The van der Waals surface area contributed by atoms with Gasteiger partial charge >= 0.3 is 6.18 Å². The molecule has 4 aliphatic rings. The molecule has 0 radical (unpaired) electrons. The largest absolute Gasteiger partial charge is 0.492 e. The Balaban J connectivity index is 1.32. The van der Waals surface area contributed by atoms with Crippen LogP contribution in [0.25, 0.3) is 11.4 Å². The Kier molecular flexibility index (Phi) is 6.92. The van der Waals surface area contributed by atoms with Gasteiger partial charge in [-0.3, -0.25) is 4.90 Å². The molecular weight excluding hydrogens is 575 g/mol. The number of alkyl halides is 3. The molecule has 3 aliphatic heterocycles. The van der Waals surface area contributed by atoms with Crippen LogP contribution in [-0.4, -0.2) is 68.9 Å². The number of aliphatic imine (C=N–C) groups is 1. The smallest absolute Gasteiger partial charge is 0.434 e. The van der Waals surface area contributed by atoms with Crippen molar-refractivity contribution in [2.45, 2.75) is 69.2 Å². The molecule has 7 rings (SSSR count). The van der Waals surface area contributed by atoms with E-state index >= 15 is 0 Å². The number of ether oxygens (including phenoxy) is 3. The van der Waals surface area contributed by atoms with Crippen LogP contribution in [-0.2, 0) is 20.4 Å². The molecule has 2 bridgehead atoms. The van der Waals surface area contributed by atoms with Crippen LogP contribution in [0.3, 0.4) is 0 Å². The van der Waals surface area contributed by atoms with E-state index < -0.39 is 17.5 Å². The van der Waals surface area contributed by atoms with Crippen molar-refractivity contribution in [2.75, 3.05) is 20.8 Å². The van der Waals surface area contributed by atoms with Crippen molar-refractivity contribution in [1.29, 1.82) is 0 Å². The fourth-order valence-electron chi connectivity index (χ4n) is 6.97. The number of morpholine rings is 1. The van der Waals surface area contributed by atoms with Gasteiger partial charge in [0, 0.05) is 42.2 Å². The van der Waals surface area contributed by atoms with Crippen LogP contribution in [0.15, 0.2) is 65.8 Å². The first-order valence-electron chi connectivity index (χ1n) is 14.8. The first-order valence-corrected chi connectivity index (χ1v) is 14.8. The summed E-state index contributed by atoms with van der Waals surface area (Å²) in [5, 5.41) is 3.29. The molecule has 0 amide bonds. The molecule has 5 heterocycles. The summed E-state index contributed by atoms with van der Waals surface area (Å²) in [5.41, 5.74) is 0.532. The van der Waals surface area contributed by atoms with E-state index in [1.54, 1.807) is 31.2 Å². The summed E-state index contributed by atoms with van der Waals surface area (Å²) in [6.45, 7) is 4.24. The van der Waals surface area contributed by atoms with Gasteiger partial charge in [0.15, 0.2) is 17.1 Å². The van der Waals surface area contributed by atoms with Crippen LogP contribution < -0.4 is 5.32 Å². The van der Waals surface area contributed by atoms with Gasteiger partial charge in [-0.15, -0.1) is 0 Å². The molecule has 3 aromatic rings. The normalized spacial score (nSPS) is 27.1. The van der Waals surface area contributed by atoms with E-state index in [1.807, 2.05) is 38.1 Å². The van der Waals surface area contributed by atoms with Crippen LogP contribution in [0, 0.1) is 5.92 Å². The highest BCUT2D eigenvalue weighted by Gasteiger charge is 2.65. The Hall–Kier alpha value is -3.97. The topological polar surface area (TPSA) is 98.9 Å². The van der Waals surface area contributed by atoms with Crippen LogP contribution >= 0.6 is 0 Å². The lowest BCUT2D eigenvalue weighted by Crippen LogP contribution is -2.60. The summed E-state index contributed by atoms with van der Waals surface area (Å²) in [7, 11) is 3.24. The van der Waals surface area contributed by atoms with Gasteiger partial charge in [-0.1, -0.05) is 24.3 Å². The van der Waals surface area contributed by atoms with Gasteiger partial charge in [0.05, 0.1) is 38.5 Å². The van der Waals surface area contributed by atoms with Crippen molar-refractivity contribution >= 4 is 5.84 Å². The number of hydrogen-bond acceptors (Lipinski definition) is 9. The first kappa shape index (κ1) is 28.8. The SMILES string of the molecule is COC1=C(OC)C(C2CC2)(N2C3COC(C3)C2c2ccc(-c3nc(C(F)(F)F)cn3C(C)C)cc2)N=C(c2cncnc2)N1. The van der Waals surface area contributed by atoms with Gasteiger partial charge < -0.3 is 24.1 Å². The fraction of sp³-hybridized carbons (Fsp3) is 0.484. The second-order valence-electron chi connectivity index (χ2n) is 12.0. The molecule has 13 heteroatoms. The molecule has 1 aromatic carbocycles. The third kappa shape index (κ3) is 4.55. The summed E-state index contributed by atoms with van der Waals surface area (Å²) >= 11 is 0. The Bertz CT molecular complexity index is 1600. The number of benzene rings is 1. The Labute approximate surface area is 253 Å². The van der Waals surface area contributed by atoms with E-state index in [0.29, 0.717) is 29.6 Å². The highest BCUT2D eigenvalue weighted by Crippen LogP contribution is 2.58. The first-order chi connectivity index (χ1) is 21.2. The summed E-state index contributed by atoms with van der Waals surface area (Å²) in [6, 6.07) is 7.31. The van der Waals surface area contributed by atoms with E-state index in [9.17, 15) is 13.2 Å². The maximum absolute atomic E-state index is 13.6. The second kappa shape index (κ2) is 10.6. The minimum atomic E-state index is -4.53. The molecule has 1 N–H and O–H groups in total. The summed E-state index contributed by atoms with van der Waals surface area (Å²) in [5.74, 6) is 2.13. The lowest BCUT2D eigenvalue weighted by atomic mass is 9.92. The van der Waals surface area contributed by atoms with E-state index in [-0.39, 0.29) is 36.0 Å². The number of hydrogen-bond donors (Lipinski definition) is 1. The van der Waals surface area contributed by atoms with Crippen LogP contribution in [0.5, 0.6) is 0 Å². The molecular formula is C31H34F3N7O3. The zero-order valence-electron chi connectivity index (χ0n) is 24.9. The molecule has 232 valence electrons. The van der Waals surface area contributed by atoms with Gasteiger partial charge in [0.25, 0.3) is 0 Å². The average Bonchev–Trinajstić information content (AvgIpc) is 3.44. The molecule has 4 atom stereocenters. The predicted molar refractivity (Wildman–Crippen MR) is 154 cm³/mol. The van der Waals surface area contributed by atoms with Crippen molar-refractivity contribution in [2.24, 2.45) is 10.9 Å². The number of likely N-dealkylation sites (tertiary alicyclic amines) is 1. The number of halogens is 3. The van der Waals surface area contributed by atoms with Gasteiger partial charge in [-0.25, -0.2) is 19.9 Å². The van der Waals surface area contributed by atoms with Gasteiger partial charge in [0.1, 0.15) is 18.0 Å². The number of fused-ring (bicyclic) bond motifs is 2. The van der Waals surface area contributed by atoms with E-state index in [0.717, 1.165) is 36.6 Å². The zero-order chi connectivity index (χ0) is 30.8. The number of amidine groups is 1. The standard InChI is InChI=1S/C31H34F3N7O3/c1-17(2)40-14-24(31(32,33)34)37-28(40)19-7-5-18(6-8-19)25-23-11-22(15-44-23)41(25)30(21-9-10-21)26(42-3)29(43-4)38-27(39-30)20-12-35-16-36-13-20/h5-8,12-14,16-17,21-23,25H,9-11,15H2,1-4H3,(H,38,39). The highest BCUT2D eigenvalue weighted by molar-refractivity contribution is 6.00. The Morgan fingerprint density at radius 1 is 1.05 bits per heavy atom. The number of nitrogens with zero attached hydrogens (tertiary/aromatic N) is 6.